The minimum Gasteiger partial charge on any atom is -0.312 e. The average Bonchev–Trinajstić information content (AvgIpc) is 3.33. The van der Waals surface area contributed by atoms with Crippen molar-refractivity contribution in [2.45, 2.75) is 36.9 Å². The van der Waals surface area contributed by atoms with E-state index in [4.69, 9.17) is 11.6 Å². The van der Waals surface area contributed by atoms with Crippen LogP contribution in [-0.4, -0.2) is 39.0 Å². The van der Waals surface area contributed by atoms with Gasteiger partial charge >= 0.3 is 0 Å². The van der Waals surface area contributed by atoms with Crippen molar-refractivity contribution in [1.82, 2.24) is 14.9 Å². The summed E-state index contributed by atoms with van der Waals surface area (Å²) in [5.41, 5.74) is 1.43. The zero-order valence-corrected chi connectivity index (χ0v) is 18.9. The predicted octanol–water partition coefficient (Wildman–Crippen LogP) is 3.75. The molecule has 0 spiro atoms. The highest BCUT2D eigenvalue weighted by molar-refractivity contribution is 7.89. The van der Waals surface area contributed by atoms with Crippen LogP contribution >= 0.6 is 22.9 Å². The Morgan fingerprint density at radius 1 is 1.17 bits per heavy atom. The lowest BCUT2D eigenvalue weighted by Gasteiger charge is -2.16. The number of nitrogens with zero attached hydrogens (tertiary/aromatic N) is 1. The molecule has 0 aliphatic carbocycles. The smallest absolute Gasteiger partial charge is 0.240 e. The van der Waals surface area contributed by atoms with E-state index in [2.05, 4.69) is 21.0 Å². The van der Waals surface area contributed by atoms with Crippen LogP contribution in [0.15, 0.2) is 47.4 Å². The Morgan fingerprint density at radius 2 is 2.00 bits per heavy atom. The number of benzene rings is 2. The number of hydrogen-bond acceptors (Lipinski definition) is 5. The van der Waals surface area contributed by atoms with E-state index in [0.29, 0.717) is 9.92 Å². The molecule has 0 unspecified atom stereocenters. The number of rotatable bonds is 5. The Morgan fingerprint density at radius 3 is 2.87 bits per heavy atom. The van der Waals surface area contributed by atoms with Gasteiger partial charge in [0, 0.05) is 53.5 Å². The van der Waals surface area contributed by atoms with E-state index < -0.39 is 10.0 Å². The molecule has 2 aromatic carbocycles. The molecule has 0 amide bonds. The SMILES string of the molecule is O=S(=O)(N[C@H]1CCN(Cc2cc3c(s2)CCNC3)C1)c1ccc2cc(Cl)ccc2c1. The molecule has 0 bridgehead atoms. The summed E-state index contributed by atoms with van der Waals surface area (Å²) >= 11 is 7.93. The second-order valence-corrected chi connectivity index (χ2v) is 11.5. The van der Waals surface area contributed by atoms with Gasteiger partial charge in [0.05, 0.1) is 4.90 Å². The van der Waals surface area contributed by atoms with Crippen LogP contribution in [0.5, 0.6) is 0 Å². The Labute approximate surface area is 186 Å². The Hall–Kier alpha value is -1.48. The quantitative estimate of drug-likeness (QED) is 0.607. The zero-order chi connectivity index (χ0) is 20.7. The van der Waals surface area contributed by atoms with Crippen LogP contribution in [0.1, 0.15) is 21.7 Å². The molecule has 1 saturated heterocycles. The van der Waals surface area contributed by atoms with Crippen LogP contribution in [0.2, 0.25) is 5.02 Å². The summed E-state index contributed by atoms with van der Waals surface area (Å²) in [6.45, 7) is 4.56. The van der Waals surface area contributed by atoms with Crippen molar-refractivity contribution in [1.29, 1.82) is 0 Å². The van der Waals surface area contributed by atoms with E-state index in [0.717, 1.165) is 56.3 Å². The summed E-state index contributed by atoms with van der Waals surface area (Å²) in [5, 5.41) is 5.86. The van der Waals surface area contributed by atoms with Gasteiger partial charge in [0.2, 0.25) is 10.0 Å². The lowest BCUT2D eigenvalue weighted by molar-refractivity contribution is 0.327. The van der Waals surface area contributed by atoms with Crippen LogP contribution in [0.4, 0.5) is 0 Å². The van der Waals surface area contributed by atoms with Crippen molar-refractivity contribution in [3.05, 3.63) is 62.8 Å². The monoisotopic (exact) mass is 461 g/mol. The number of hydrogen-bond donors (Lipinski definition) is 2. The molecule has 2 aliphatic rings. The van der Waals surface area contributed by atoms with Crippen molar-refractivity contribution in [3.63, 3.8) is 0 Å². The Bertz CT molecular complexity index is 1170. The fourth-order valence-corrected chi connectivity index (χ4v) is 7.04. The summed E-state index contributed by atoms with van der Waals surface area (Å²) in [5.74, 6) is 0. The van der Waals surface area contributed by atoms with Crippen LogP contribution in [0, 0.1) is 0 Å². The summed E-state index contributed by atoms with van der Waals surface area (Å²) in [6, 6.07) is 12.9. The summed E-state index contributed by atoms with van der Waals surface area (Å²) in [6.07, 6.45) is 1.94. The van der Waals surface area contributed by atoms with Crippen LogP contribution in [0.25, 0.3) is 10.8 Å². The molecule has 158 valence electrons. The van der Waals surface area contributed by atoms with Crippen LogP contribution in [-0.2, 0) is 29.5 Å². The van der Waals surface area contributed by atoms with Crippen LogP contribution in [0.3, 0.4) is 0 Å². The van der Waals surface area contributed by atoms with Crippen molar-refractivity contribution < 1.29 is 8.42 Å². The van der Waals surface area contributed by atoms with E-state index in [1.54, 1.807) is 18.2 Å². The molecule has 3 aromatic rings. The second-order valence-electron chi connectivity index (χ2n) is 8.08. The molecule has 0 saturated carbocycles. The van der Waals surface area contributed by atoms with E-state index >= 15 is 0 Å². The minimum absolute atomic E-state index is 0.0628. The number of likely N-dealkylation sites (tertiary alicyclic amines) is 1. The van der Waals surface area contributed by atoms with Gasteiger partial charge in [-0.25, -0.2) is 13.1 Å². The third kappa shape index (κ3) is 4.28. The number of thiophene rings is 1. The summed E-state index contributed by atoms with van der Waals surface area (Å²) in [7, 11) is -3.56. The molecule has 0 radical (unpaired) electrons. The summed E-state index contributed by atoms with van der Waals surface area (Å²) in [4.78, 5) is 5.52. The maximum absolute atomic E-state index is 12.9. The van der Waals surface area contributed by atoms with Crippen molar-refractivity contribution in [3.8, 4) is 0 Å². The second kappa shape index (κ2) is 8.22. The van der Waals surface area contributed by atoms with Crippen molar-refractivity contribution in [2.75, 3.05) is 19.6 Å². The van der Waals surface area contributed by atoms with Crippen molar-refractivity contribution in [2.24, 2.45) is 0 Å². The summed E-state index contributed by atoms with van der Waals surface area (Å²) < 4.78 is 28.8. The van der Waals surface area contributed by atoms with Gasteiger partial charge in [-0.2, -0.15) is 0 Å². The normalized spacial score (nSPS) is 20.0. The van der Waals surface area contributed by atoms with Gasteiger partial charge in [0.25, 0.3) is 0 Å². The van der Waals surface area contributed by atoms with Gasteiger partial charge in [-0.15, -0.1) is 11.3 Å². The van der Waals surface area contributed by atoms with Gasteiger partial charge in [-0.1, -0.05) is 23.7 Å². The molecule has 2 N–H and O–H groups in total. The van der Waals surface area contributed by atoms with Gasteiger partial charge in [-0.05, 0) is 59.5 Å². The van der Waals surface area contributed by atoms with Crippen molar-refractivity contribution >= 4 is 43.7 Å². The molecule has 5 nitrogen and oxygen atoms in total. The number of fused-ring (bicyclic) bond motifs is 2. The Kier molecular flexibility index (Phi) is 5.60. The van der Waals surface area contributed by atoms with Gasteiger partial charge in [0.1, 0.15) is 0 Å². The largest absolute Gasteiger partial charge is 0.312 e. The molecule has 8 heteroatoms. The molecular formula is C22H24ClN3O2S2. The molecular weight excluding hydrogens is 438 g/mol. The number of nitrogens with one attached hydrogen (secondary N) is 2. The fourth-order valence-electron chi connectivity index (χ4n) is 4.33. The standard InChI is InChI=1S/C22H24ClN3O2S2/c23-18-3-1-16-11-21(4-2-15(16)9-18)30(27,28)25-19-6-8-26(13-19)14-20-10-17-12-24-7-5-22(17)29-20/h1-4,9-11,19,24-25H,5-8,12-14H2/t19-/m0/s1. The highest BCUT2D eigenvalue weighted by atomic mass is 35.5. The highest BCUT2D eigenvalue weighted by Gasteiger charge is 2.28. The van der Waals surface area contributed by atoms with Crippen LogP contribution < -0.4 is 10.0 Å². The maximum Gasteiger partial charge on any atom is 0.240 e. The first-order valence-corrected chi connectivity index (χ1v) is 12.9. The van der Waals surface area contributed by atoms with Gasteiger partial charge < -0.3 is 5.32 Å². The Balaban J connectivity index is 1.24. The fraction of sp³-hybridized carbons (Fsp3) is 0.364. The average molecular weight is 462 g/mol. The molecule has 2 aliphatic heterocycles. The minimum atomic E-state index is -3.56. The van der Waals surface area contributed by atoms with Gasteiger partial charge in [0.15, 0.2) is 0 Å². The first-order valence-electron chi connectivity index (χ1n) is 10.2. The van der Waals surface area contributed by atoms with Gasteiger partial charge in [-0.3, -0.25) is 4.90 Å². The molecule has 3 heterocycles. The first-order chi connectivity index (χ1) is 14.5. The number of sulfonamides is 1. The molecule has 1 fully saturated rings. The lowest BCUT2D eigenvalue weighted by Crippen LogP contribution is -2.36. The third-order valence-corrected chi connectivity index (χ3v) is 8.82. The topological polar surface area (TPSA) is 61.4 Å². The third-order valence-electron chi connectivity index (χ3n) is 5.85. The maximum atomic E-state index is 12.9. The highest BCUT2D eigenvalue weighted by Crippen LogP contribution is 2.28. The zero-order valence-electron chi connectivity index (χ0n) is 16.5. The molecule has 30 heavy (non-hydrogen) atoms. The lowest BCUT2D eigenvalue weighted by atomic mass is 10.1. The first kappa shape index (κ1) is 20.4. The molecule has 5 rings (SSSR count). The van der Waals surface area contributed by atoms with E-state index in [1.165, 1.54) is 15.3 Å². The number of halogens is 1. The van der Waals surface area contributed by atoms with E-state index in [1.807, 2.05) is 29.5 Å². The predicted molar refractivity (Wildman–Crippen MR) is 123 cm³/mol. The van der Waals surface area contributed by atoms with E-state index in [-0.39, 0.29) is 6.04 Å². The molecule has 1 aromatic heterocycles. The molecule has 1 atom stereocenters. The van der Waals surface area contributed by atoms with E-state index in [9.17, 15) is 8.42 Å².